The maximum absolute atomic E-state index is 11.6. The Labute approximate surface area is 93.4 Å². The minimum Gasteiger partial charge on any atom is -0.313 e. The minimum atomic E-state index is -0.0375. The summed E-state index contributed by atoms with van der Waals surface area (Å²) in [6.07, 6.45) is 2.99. The molecule has 1 fully saturated rings. The van der Waals surface area contributed by atoms with Gasteiger partial charge in [0.15, 0.2) is 0 Å². The summed E-state index contributed by atoms with van der Waals surface area (Å²) in [6.45, 7) is 1.97. The molecular weight excluding hydrogens is 214 g/mol. The highest BCUT2D eigenvalue weighted by Gasteiger charge is 2.27. The molecule has 0 aromatic heterocycles. The van der Waals surface area contributed by atoms with Crippen molar-refractivity contribution in [3.8, 4) is 0 Å². The maximum Gasteiger partial charge on any atom is 0.253 e. The van der Waals surface area contributed by atoms with Crippen LogP contribution in [-0.2, 0) is 4.79 Å². The Morgan fingerprint density at radius 1 is 1.53 bits per heavy atom. The summed E-state index contributed by atoms with van der Waals surface area (Å²) in [4.78, 5) is 13.8. The van der Waals surface area contributed by atoms with Crippen LogP contribution in [0, 0.1) is 0 Å². The largest absolute Gasteiger partial charge is 0.313 e. The monoisotopic (exact) mass is 229 g/mol. The fraction of sp³-hybridized carbons (Fsp3) is 0.667. The number of carbonyl (C=O) groups excluding carboxylic acids is 1. The normalized spacial score (nSPS) is 25.6. The van der Waals surface area contributed by atoms with E-state index in [-0.39, 0.29) is 12.5 Å². The molecule has 0 radical (unpaired) electrons. The second-order valence-corrected chi connectivity index (χ2v) is 4.70. The van der Waals surface area contributed by atoms with Crippen LogP contribution in [-0.4, -0.2) is 57.9 Å². The molecule has 0 unspecified atom stereocenters. The Kier molecular flexibility index (Phi) is 3.30. The average Bonchev–Trinajstić information content (AvgIpc) is 2.20. The van der Waals surface area contributed by atoms with E-state index < -0.39 is 0 Å². The summed E-state index contributed by atoms with van der Waals surface area (Å²) >= 11 is 1.36. The van der Waals surface area contributed by atoms with Gasteiger partial charge in [0.2, 0.25) is 0 Å². The van der Waals surface area contributed by atoms with Crippen LogP contribution in [0.4, 0.5) is 0 Å². The lowest BCUT2D eigenvalue weighted by atomic mass is 10.2. The first-order chi connectivity index (χ1) is 7.16. The predicted octanol–water partition coefficient (Wildman–Crippen LogP) is 0.345. The quantitative estimate of drug-likeness (QED) is 0.657. The lowest BCUT2D eigenvalue weighted by Gasteiger charge is -2.33. The Balaban J connectivity index is 2.01. The van der Waals surface area contributed by atoms with Crippen molar-refractivity contribution in [2.75, 3.05) is 32.6 Å². The minimum absolute atomic E-state index is 0.0375. The Morgan fingerprint density at radius 2 is 2.33 bits per heavy atom. The van der Waals surface area contributed by atoms with Crippen molar-refractivity contribution in [3.05, 3.63) is 11.8 Å². The number of nitrogens with zero attached hydrogens (tertiary/aromatic N) is 3. The van der Waals surface area contributed by atoms with Crippen LogP contribution in [0.3, 0.4) is 0 Å². The standard InChI is InChI=1S/C9H15N3O2S/c1-10-4-2-8(3-5-10)12-9(13)6-11(14)7-15-12/h2,14H,3-7H2,1H3. The smallest absolute Gasteiger partial charge is 0.253 e. The van der Waals surface area contributed by atoms with Gasteiger partial charge in [0.1, 0.15) is 6.54 Å². The zero-order valence-corrected chi connectivity index (χ0v) is 9.53. The van der Waals surface area contributed by atoms with E-state index in [4.69, 9.17) is 0 Å². The van der Waals surface area contributed by atoms with E-state index in [1.54, 1.807) is 4.31 Å². The van der Waals surface area contributed by atoms with Crippen molar-refractivity contribution in [1.29, 1.82) is 0 Å². The summed E-state index contributed by atoms with van der Waals surface area (Å²) in [5.74, 6) is 0.420. The van der Waals surface area contributed by atoms with Crippen LogP contribution in [0.15, 0.2) is 11.8 Å². The second-order valence-electron chi connectivity index (χ2n) is 3.82. The SMILES string of the molecule is CN1CC=C(N2SCN(O)CC2=O)CC1. The molecule has 0 aliphatic carbocycles. The first kappa shape index (κ1) is 10.9. The summed E-state index contributed by atoms with van der Waals surface area (Å²) in [5, 5.41) is 10.2. The number of hydrogen-bond acceptors (Lipinski definition) is 5. The molecule has 2 aliphatic heterocycles. The zero-order chi connectivity index (χ0) is 10.8. The van der Waals surface area contributed by atoms with Crippen molar-refractivity contribution >= 4 is 17.9 Å². The molecular formula is C9H15N3O2S. The second kappa shape index (κ2) is 4.52. The third-order valence-electron chi connectivity index (χ3n) is 2.53. The fourth-order valence-corrected chi connectivity index (χ4v) is 2.52. The van der Waals surface area contributed by atoms with Gasteiger partial charge in [-0.3, -0.25) is 9.10 Å². The molecule has 0 aromatic carbocycles. The molecule has 15 heavy (non-hydrogen) atoms. The average molecular weight is 229 g/mol. The molecule has 2 aliphatic rings. The van der Waals surface area contributed by atoms with Crippen molar-refractivity contribution in [1.82, 2.24) is 14.3 Å². The van der Waals surface area contributed by atoms with E-state index in [1.165, 1.54) is 11.9 Å². The van der Waals surface area contributed by atoms with Gasteiger partial charge in [0.25, 0.3) is 5.91 Å². The van der Waals surface area contributed by atoms with Crippen LogP contribution in [0.25, 0.3) is 0 Å². The molecule has 0 aromatic rings. The topological polar surface area (TPSA) is 47.0 Å². The fourth-order valence-electron chi connectivity index (χ4n) is 1.65. The Morgan fingerprint density at radius 3 is 2.93 bits per heavy atom. The molecule has 2 rings (SSSR count). The van der Waals surface area contributed by atoms with Gasteiger partial charge in [0.05, 0.1) is 5.88 Å². The Hall–Kier alpha value is -0.560. The van der Waals surface area contributed by atoms with Crippen molar-refractivity contribution in [3.63, 3.8) is 0 Å². The van der Waals surface area contributed by atoms with Crippen molar-refractivity contribution in [2.24, 2.45) is 0 Å². The van der Waals surface area contributed by atoms with Crippen LogP contribution in [0.1, 0.15) is 6.42 Å². The molecule has 1 N–H and O–H groups in total. The van der Waals surface area contributed by atoms with E-state index in [9.17, 15) is 10.0 Å². The van der Waals surface area contributed by atoms with E-state index in [1.807, 2.05) is 0 Å². The van der Waals surface area contributed by atoms with E-state index >= 15 is 0 Å². The highest BCUT2D eigenvalue weighted by molar-refractivity contribution is 7.97. The van der Waals surface area contributed by atoms with E-state index in [0.29, 0.717) is 5.88 Å². The number of likely N-dealkylation sites (N-methyl/N-ethyl adjacent to an activating group) is 1. The van der Waals surface area contributed by atoms with E-state index in [0.717, 1.165) is 30.3 Å². The van der Waals surface area contributed by atoms with Gasteiger partial charge in [-0.25, -0.2) is 0 Å². The molecule has 0 atom stereocenters. The highest BCUT2D eigenvalue weighted by Crippen LogP contribution is 2.26. The van der Waals surface area contributed by atoms with Gasteiger partial charge in [-0.05, 0) is 25.1 Å². The number of carbonyl (C=O) groups is 1. The number of amides is 1. The lowest BCUT2D eigenvalue weighted by Crippen LogP contribution is -2.42. The molecule has 6 heteroatoms. The number of hydroxylamine groups is 2. The molecule has 1 amide bonds. The summed E-state index contributed by atoms with van der Waals surface area (Å²) in [6, 6.07) is 0. The highest BCUT2D eigenvalue weighted by atomic mass is 32.2. The third kappa shape index (κ3) is 2.52. The van der Waals surface area contributed by atoms with Gasteiger partial charge < -0.3 is 10.1 Å². The molecule has 1 saturated heterocycles. The maximum atomic E-state index is 11.6. The van der Waals surface area contributed by atoms with Gasteiger partial charge >= 0.3 is 0 Å². The molecule has 0 saturated carbocycles. The van der Waals surface area contributed by atoms with E-state index in [2.05, 4.69) is 18.0 Å². The van der Waals surface area contributed by atoms with Crippen molar-refractivity contribution < 1.29 is 10.0 Å². The zero-order valence-electron chi connectivity index (χ0n) is 8.72. The van der Waals surface area contributed by atoms with Crippen LogP contribution in [0.5, 0.6) is 0 Å². The summed E-state index contributed by atoms with van der Waals surface area (Å²) in [5.41, 5.74) is 1.08. The summed E-state index contributed by atoms with van der Waals surface area (Å²) in [7, 11) is 2.06. The first-order valence-corrected chi connectivity index (χ1v) is 5.88. The molecule has 0 bridgehead atoms. The molecule has 2 heterocycles. The van der Waals surface area contributed by atoms with Crippen molar-refractivity contribution in [2.45, 2.75) is 6.42 Å². The van der Waals surface area contributed by atoms with Crippen LogP contribution >= 0.6 is 11.9 Å². The summed E-state index contributed by atoms with van der Waals surface area (Å²) < 4.78 is 1.72. The first-order valence-electron chi connectivity index (χ1n) is 4.94. The lowest BCUT2D eigenvalue weighted by molar-refractivity contribution is -0.140. The van der Waals surface area contributed by atoms with Gasteiger partial charge in [-0.2, -0.15) is 5.06 Å². The number of hydrogen-bond donors (Lipinski definition) is 1. The van der Waals surface area contributed by atoms with Gasteiger partial charge in [0, 0.05) is 25.2 Å². The molecule has 0 spiro atoms. The number of rotatable bonds is 1. The predicted molar refractivity (Wildman–Crippen MR) is 58.0 cm³/mol. The van der Waals surface area contributed by atoms with Gasteiger partial charge in [-0.15, -0.1) is 0 Å². The molecule has 84 valence electrons. The third-order valence-corrected chi connectivity index (χ3v) is 3.64. The Bertz CT molecular complexity index is 295. The van der Waals surface area contributed by atoms with Crippen LogP contribution < -0.4 is 0 Å². The molecule has 5 nitrogen and oxygen atoms in total. The van der Waals surface area contributed by atoms with Gasteiger partial charge in [-0.1, -0.05) is 0 Å². The van der Waals surface area contributed by atoms with Crippen LogP contribution in [0.2, 0.25) is 0 Å².